The van der Waals surface area contributed by atoms with E-state index in [0.29, 0.717) is 12.8 Å². The summed E-state index contributed by atoms with van der Waals surface area (Å²) in [4.78, 5) is 24.2. The van der Waals surface area contributed by atoms with Crippen LogP contribution >= 0.6 is 11.6 Å². The van der Waals surface area contributed by atoms with E-state index in [1.807, 2.05) is 0 Å². The lowest BCUT2D eigenvalue weighted by molar-refractivity contribution is -0.157. The molecule has 0 radical (unpaired) electrons. The topological polar surface area (TPSA) is 52.6 Å². The van der Waals surface area contributed by atoms with Gasteiger partial charge in [0.25, 0.3) is 0 Å². The van der Waals surface area contributed by atoms with Crippen LogP contribution in [0.25, 0.3) is 0 Å². The Kier molecular flexibility index (Phi) is 33.2. The number of esters is 2. The summed E-state index contributed by atoms with van der Waals surface area (Å²) in [6.45, 7) is 4.55. The summed E-state index contributed by atoms with van der Waals surface area (Å²) in [6.07, 6.45) is 38.6. The van der Waals surface area contributed by atoms with Crippen molar-refractivity contribution < 1.29 is 19.1 Å². The number of alkyl halides is 1. The zero-order chi connectivity index (χ0) is 30.8. The minimum atomic E-state index is -0.562. The van der Waals surface area contributed by atoms with Gasteiger partial charge in [-0.15, -0.1) is 11.6 Å². The summed E-state index contributed by atoms with van der Waals surface area (Å²) in [6, 6.07) is 0. The molecular formula is C37H67ClO4. The van der Waals surface area contributed by atoms with Crippen LogP contribution in [-0.2, 0) is 19.1 Å². The highest BCUT2D eigenvalue weighted by Gasteiger charge is 2.16. The Balaban J connectivity index is 3.59. The van der Waals surface area contributed by atoms with Crippen LogP contribution in [0.5, 0.6) is 0 Å². The van der Waals surface area contributed by atoms with Crippen LogP contribution in [-0.4, -0.2) is 30.5 Å². The van der Waals surface area contributed by atoms with E-state index in [9.17, 15) is 9.59 Å². The quantitative estimate of drug-likeness (QED) is 0.0329. The molecule has 42 heavy (non-hydrogen) atoms. The summed E-state index contributed by atoms with van der Waals surface area (Å²) in [7, 11) is 0. The molecule has 0 fully saturated rings. The van der Waals surface area contributed by atoms with E-state index in [1.165, 1.54) is 109 Å². The fourth-order valence-corrected chi connectivity index (χ4v) is 5.13. The first kappa shape index (κ1) is 40.7. The molecule has 0 unspecified atom stereocenters. The third kappa shape index (κ3) is 31.6. The number of allylic oxidation sites excluding steroid dienone is 4. The predicted molar refractivity (Wildman–Crippen MR) is 181 cm³/mol. The summed E-state index contributed by atoms with van der Waals surface area (Å²) in [5.41, 5.74) is 0. The molecule has 0 aromatic heterocycles. The Hall–Kier alpha value is -1.29. The van der Waals surface area contributed by atoms with Crippen LogP contribution in [0.15, 0.2) is 24.3 Å². The highest BCUT2D eigenvalue weighted by molar-refractivity contribution is 6.18. The van der Waals surface area contributed by atoms with Gasteiger partial charge in [0.2, 0.25) is 0 Å². The van der Waals surface area contributed by atoms with E-state index < -0.39 is 6.10 Å². The minimum Gasteiger partial charge on any atom is -0.462 e. The molecule has 0 amide bonds. The van der Waals surface area contributed by atoms with Gasteiger partial charge in [0, 0.05) is 12.8 Å². The molecule has 246 valence electrons. The summed E-state index contributed by atoms with van der Waals surface area (Å²) < 4.78 is 10.8. The van der Waals surface area contributed by atoms with Gasteiger partial charge in [0.15, 0.2) is 0 Å². The largest absolute Gasteiger partial charge is 0.462 e. The van der Waals surface area contributed by atoms with Crippen molar-refractivity contribution in [3.05, 3.63) is 24.3 Å². The maximum Gasteiger partial charge on any atom is 0.306 e. The summed E-state index contributed by atoms with van der Waals surface area (Å²) in [5.74, 6) is -0.336. The van der Waals surface area contributed by atoms with Crippen molar-refractivity contribution in [1.82, 2.24) is 0 Å². The second-order valence-electron chi connectivity index (χ2n) is 11.9. The zero-order valence-electron chi connectivity index (χ0n) is 27.7. The highest BCUT2D eigenvalue weighted by atomic mass is 35.5. The Morgan fingerprint density at radius 1 is 0.548 bits per heavy atom. The lowest BCUT2D eigenvalue weighted by Gasteiger charge is -2.15. The van der Waals surface area contributed by atoms with E-state index in [4.69, 9.17) is 21.1 Å². The van der Waals surface area contributed by atoms with Crippen LogP contribution in [0.4, 0.5) is 0 Å². The number of carbonyl (C=O) groups is 2. The molecule has 0 aliphatic carbocycles. The van der Waals surface area contributed by atoms with Gasteiger partial charge >= 0.3 is 11.9 Å². The normalized spacial score (nSPS) is 12.4. The van der Waals surface area contributed by atoms with Crippen LogP contribution in [0.1, 0.15) is 181 Å². The second kappa shape index (κ2) is 34.2. The van der Waals surface area contributed by atoms with E-state index in [-0.39, 0.29) is 24.4 Å². The van der Waals surface area contributed by atoms with Crippen molar-refractivity contribution in [2.24, 2.45) is 0 Å². The summed E-state index contributed by atoms with van der Waals surface area (Å²) in [5, 5.41) is 0. The van der Waals surface area contributed by atoms with E-state index >= 15 is 0 Å². The monoisotopic (exact) mass is 610 g/mol. The Morgan fingerprint density at radius 3 is 1.45 bits per heavy atom. The summed E-state index contributed by atoms with van der Waals surface area (Å²) >= 11 is 5.95. The van der Waals surface area contributed by atoms with E-state index in [0.717, 1.165) is 44.9 Å². The first-order chi connectivity index (χ1) is 20.6. The number of carbonyl (C=O) groups excluding carboxylic acids is 2. The van der Waals surface area contributed by atoms with E-state index in [1.54, 1.807) is 0 Å². The Labute approximate surface area is 265 Å². The number of hydrogen-bond acceptors (Lipinski definition) is 4. The van der Waals surface area contributed by atoms with Gasteiger partial charge in [-0.3, -0.25) is 9.59 Å². The zero-order valence-corrected chi connectivity index (χ0v) is 28.5. The first-order valence-corrected chi connectivity index (χ1v) is 18.4. The molecule has 4 nitrogen and oxygen atoms in total. The fourth-order valence-electron chi connectivity index (χ4n) is 4.98. The molecule has 0 aliphatic heterocycles. The number of unbranched alkanes of at least 4 members (excludes halogenated alkanes) is 20. The van der Waals surface area contributed by atoms with Crippen LogP contribution in [0.3, 0.4) is 0 Å². The lowest BCUT2D eigenvalue weighted by Crippen LogP contribution is -2.26. The van der Waals surface area contributed by atoms with Crippen molar-refractivity contribution in [2.75, 3.05) is 12.5 Å². The fraction of sp³-hybridized carbons (Fsp3) is 0.838. The van der Waals surface area contributed by atoms with Gasteiger partial charge in [0.1, 0.15) is 12.7 Å². The van der Waals surface area contributed by atoms with Crippen LogP contribution in [0, 0.1) is 0 Å². The van der Waals surface area contributed by atoms with Gasteiger partial charge in [-0.2, -0.15) is 0 Å². The molecule has 0 aliphatic rings. The van der Waals surface area contributed by atoms with Gasteiger partial charge in [-0.25, -0.2) is 0 Å². The number of hydrogen-bond donors (Lipinski definition) is 0. The van der Waals surface area contributed by atoms with E-state index in [2.05, 4.69) is 38.2 Å². The molecule has 0 bridgehead atoms. The van der Waals surface area contributed by atoms with Crippen molar-refractivity contribution >= 4 is 23.5 Å². The average molecular weight is 611 g/mol. The molecule has 0 rings (SSSR count). The molecule has 0 aromatic carbocycles. The van der Waals surface area contributed by atoms with Gasteiger partial charge < -0.3 is 9.47 Å². The molecule has 0 saturated carbocycles. The molecule has 0 N–H and O–H groups in total. The predicted octanol–water partition coefficient (Wildman–Crippen LogP) is 12.0. The lowest BCUT2D eigenvalue weighted by atomic mass is 10.0. The third-order valence-corrected chi connectivity index (χ3v) is 8.06. The maximum absolute atomic E-state index is 12.2. The molecule has 5 heteroatoms. The molecule has 0 spiro atoms. The Bertz CT molecular complexity index is 646. The average Bonchev–Trinajstić information content (AvgIpc) is 2.99. The van der Waals surface area contributed by atoms with Crippen molar-refractivity contribution in [3.8, 4) is 0 Å². The molecule has 0 saturated heterocycles. The standard InChI is InChI=1S/C37H67ClO4/c1-3-5-7-9-11-13-15-17-18-20-22-24-26-28-30-32-37(40)42-35(33-38)34-41-36(39)31-29-27-25-23-21-19-16-14-12-10-8-6-4-2/h11,13,17-18,35H,3-10,12,14-16,19-34H2,1-2H3/b13-11+,18-17+/t35-/m1/s1. The highest BCUT2D eigenvalue weighted by Crippen LogP contribution is 2.14. The van der Waals surface area contributed by atoms with Crippen molar-refractivity contribution in [1.29, 1.82) is 0 Å². The second-order valence-corrected chi connectivity index (χ2v) is 12.2. The smallest absolute Gasteiger partial charge is 0.306 e. The van der Waals surface area contributed by atoms with Crippen LogP contribution in [0.2, 0.25) is 0 Å². The van der Waals surface area contributed by atoms with Gasteiger partial charge in [0.05, 0.1) is 5.88 Å². The molecule has 1 atom stereocenters. The van der Waals surface area contributed by atoms with Gasteiger partial charge in [-0.05, 0) is 44.9 Å². The van der Waals surface area contributed by atoms with Crippen LogP contribution < -0.4 is 0 Å². The molecule has 0 heterocycles. The number of rotatable bonds is 32. The number of ether oxygens (including phenoxy) is 2. The minimum absolute atomic E-state index is 0.0503. The van der Waals surface area contributed by atoms with Crippen molar-refractivity contribution in [3.63, 3.8) is 0 Å². The number of halogens is 1. The van der Waals surface area contributed by atoms with Gasteiger partial charge in [-0.1, -0.05) is 147 Å². The molecular weight excluding hydrogens is 544 g/mol. The first-order valence-electron chi connectivity index (χ1n) is 17.8. The molecule has 0 aromatic rings. The SMILES string of the molecule is CCCCC/C=C/C/C=C/CCCCCCCC(=O)O[C@H](CCl)COC(=O)CCCCCCCCCCCCCCC. The maximum atomic E-state index is 12.2. The third-order valence-electron chi connectivity index (χ3n) is 7.72. The van der Waals surface area contributed by atoms with Crippen molar-refractivity contribution in [2.45, 2.75) is 187 Å². The Morgan fingerprint density at radius 2 is 0.952 bits per heavy atom.